The van der Waals surface area contributed by atoms with Crippen LogP contribution in [0.5, 0.6) is 0 Å². The second kappa shape index (κ2) is 8.85. The van der Waals surface area contributed by atoms with Gasteiger partial charge in [0.1, 0.15) is 0 Å². The molecule has 1 saturated carbocycles. The third-order valence-corrected chi connectivity index (χ3v) is 6.37. The molecule has 1 aliphatic rings. The Labute approximate surface area is 144 Å². The lowest BCUT2D eigenvalue weighted by Crippen LogP contribution is -2.27. The average Bonchev–Trinajstić information content (AvgIpc) is 2.49. The first-order valence-electron chi connectivity index (χ1n) is 7.40. The Bertz CT molecular complexity index is 536. The van der Waals surface area contributed by atoms with Crippen LogP contribution in [0.1, 0.15) is 43.0 Å². The number of carbonyl (C=O) groups excluding carboxylic acids is 2. The summed E-state index contributed by atoms with van der Waals surface area (Å²) in [7, 11) is 0. The first kappa shape index (κ1) is 17.7. The first-order valence-corrected chi connectivity index (χ1v) is 9.54. The Morgan fingerprint density at radius 3 is 2.55 bits per heavy atom. The topological polar surface area (TPSA) is 43.4 Å². The lowest BCUT2D eigenvalue weighted by atomic mass is 10.00. The maximum Gasteiger partial charge on any atom is 0.367 e. The van der Waals surface area contributed by atoms with E-state index in [0.717, 1.165) is 25.7 Å². The Kier molecular flexibility index (Phi) is 7.12. The Morgan fingerprint density at radius 1 is 1.23 bits per heavy atom. The summed E-state index contributed by atoms with van der Waals surface area (Å²) in [6, 6.07) is 7.00. The van der Waals surface area contributed by atoms with Crippen molar-refractivity contribution in [3.8, 4) is 0 Å². The van der Waals surface area contributed by atoms with Gasteiger partial charge in [0.05, 0.1) is 6.61 Å². The summed E-state index contributed by atoms with van der Waals surface area (Å²) in [6.07, 6.45) is 4.10. The van der Waals surface area contributed by atoms with Crippen LogP contribution in [-0.2, 0) is 4.74 Å². The molecule has 120 valence electrons. The Hall–Kier alpha value is -0.650. The van der Waals surface area contributed by atoms with Crippen molar-refractivity contribution in [1.82, 2.24) is 0 Å². The van der Waals surface area contributed by atoms with Gasteiger partial charge in [-0.3, -0.25) is 4.79 Å². The Morgan fingerprint density at radius 2 is 1.91 bits per heavy atom. The van der Waals surface area contributed by atoms with Crippen LogP contribution >= 0.6 is 35.1 Å². The fourth-order valence-corrected chi connectivity index (χ4v) is 5.07. The molecule has 2 unspecified atom stereocenters. The molecule has 2 atom stereocenters. The number of rotatable bonds is 4. The van der Waals surface area contributed by atoms with Crippen LogP contribution in [0.4, 0.5) is 4.79 Å². The van der Waals surface area contributed by atoms with Crippen molar-refractivity contribution in [2.75, 3.05) is 6.61 Å². The molecule has 0 N–H and O–H groups in total. The summed E-state index contributed by atoms with van der Waals surface area (Å²) in [5, 5.41) is 0.627. The number of carbonyl (C=O) groups is 2. The van der Waals surface area contributed by atoms with E-state index in [4.69, 9.17) is 16.3 Å². The molecule has 3 nitrogen and oxygen atoms in total. The van der Waals surface area contributed by atoms with Gasteiger partial charge in [0.25, 0.3) is 0 Å². The van der Waals surface area contributed by atoms with Gasteiger partial charge in [-0.1, -0.05) is 48.3 Å². The third kappa shape index (κ3) is 5.21. The fraction of sp³-hybridized carbons (Fsp3) is 0.500. The minimum atomic E-state index is -0.241. The summed E-state index contributed by atoms with van der Waals surface area (Å²) in [4.78, 5) is 24.1. The van der Waals surface area contributed by atoms with Crippen molar-refractivity contribution in [2.45, 2.75) is 43.1 Å². The Balaban J connectivity index is 1.98. The maximum atomic E-state index is 12.4. The number of hydrogen-bond donors (Lipinski definition) is 0. The second-order valence-corrected chi connectivity index (χ2v) is 7.90. The van der Waals surface area contributed by atoms with E-state index in [-0.39, 0.29) is 20.9 Å². The molecule has 0 amide bonds. The molecule has 0 aliphatic heterocycles. The highest BCUT2D eigenvalue weighted by atomic mass is 35.5. The molecular weight excluding hydrogens is 340 g/mol. The van der Waals surface area contributed by atoms with E-state index in [1.165, 1.54) is 23.5 Å². The van der Waals surface area contributed by atoms with Gasteiger partial charge in [-0.25, -0.2) is 4.79 Å². The van der Waals surface area contributed by atoms with Crippen molar-refractivity contribution >= 4 is 45.5 Å². The van der Waals surface area contributed by atoms with Gasteiger partial charge < -0.3 is 4.74 Å². The van der Waals surface area contributed by atoms with Crippen LogP contribution < -0.4 is 0 Å². The largest absolute Gasteiger partial charge is 0.458 e. The SMILES string of the molecule is CCOC(=O)SC1CCCCC1SC(=O)c1cccc(Cl)c1. The van der Waals surface area contributed by atoms with Crippen molar-refractivity contribution in [1.29, 1.82) is 0 Å². The van der Waals surface area contributed by atoms with E-state index in [0.29, 0.717) is 17.2 Å². The predicted molar refractivity (Wildman–Crippen MR) is 94.0 cm³/mol. The predicted octanol–water partition coefficient (Wildman–Crippen LogP) is 5.41. The van der Waals surface area contributed by atoms with Gasteiger partial charge in [-0.15, -0.1) is 0 Å². The van der Waals surface area contributed by atoms with Crippen molar-refractivity contribution in [3.63, 3.8) is 0 Å². The smallest absolute Gasteiger partial charge is 0.367 e. The normalized spacial score (nSPS) is 21.4. The fourth-order valence-electron chi connectivity index (χ4n) is 2.43. The summed E-state index contributed by atoms with van der Waals surface area (Å²) >= 11 is 8.49. The van der Waals surface area contributed by atoms with E-state index in [1.807, 2.05) is 0 Å². The zero-order valence-corrected chi connectivity index (χ0v) is 14.8. The molecule has 1 aromatic rings. The molecule has 0 saturated heterocycles. The molecule has 1 aromatic carbocycles. The highest BCUT2D eigenvalue weighted by Crippen LogP contribution is 2.38. The van der Waals surface area contributed by atoms with Crippen molar-refractivity contribution in [3.05, 3.63) is 34.9 Å². The standard InChI is InChI=1S/C16H19ClO3S2/c1-2-20-16(19)22-14-9-4-3-8-13(14)21-15(18)11-6-5-7-12(17)10-11/h5-7,10,13-14H,2-4,8-9H2,1H3. The van der Waals surface area contributed by atoms with Crippen LogP contribution in [-0.4, -0.2) is 27.5 Å². The summed E-state index contributed by atoms with van der Waals surface area (Å²) in [5.41, 5.74) is 0.614. The van der Waals surface area contributed by atoms with Crippen LogP contribution in [0.25, 0.3) is 0 Å². The first-order chi connectivity index (χ1) is 10.6. The van der Waals surface area contributed by atoms with Crippen LogP contribution in [0.15, 0.2) is 24.3 Å². The molecule has 0 bridgehead atoms. The molecule has 1 fully saturated rings. The minimum Gasteiger partial charge on any atom is -0.458 e. The van der Waals surface area contributed by atoms with E-state index < -0.39 is 0 Å². The minimum absolute atomic E-state index is 0.0175. The summed E-state index contributed by atoms with van der Waals surface area (Å²) in [5.74, 6) is 0. The highest BCUT2D eigenvalue weighted by Gasteiger charge is 2.31. The van der Waals surface area contributed by atoms with Gasteiger partial charge in [-0.2, -0.15) is 0 Å². The zero-order valence-electron chi connectivity index (χ0n) is 12.4. The van der Waals surface area contributed by atoms with Gasteiger partial charge in [0.2, 0.25) is 5.12 Å². The molecular formula is C16H19ClO3S2. The van der Waals surface area contributed by atoms with Gasteiger partial charge in [-0.05, 0) is 43.7 Å². The monoisotopic (exact) mass is 358 g/mol. The van der Waals surface area contributed by atoms with Gasteiger partial charge in [0.15, 0.2) is 0 Å². The molecule has 2 rings (SSSR count). The molecule has 6 heteroatoms. The van der Waals surface area contributed by atoms with E-state index in [2.05, 4.69) is 0 Å². The molecule has 1 aliphatic carbocycles. The summed E-state index contributed by atoms with van der Waals surface area (Å²) in [6.45, 7) is 2.19. The molecule has 0 spiro atoms. The quantitative estimate of drug-likeness (QED) is 0.673. The number of benzene rings is 1. The number of hydrogen-bond acceptors (Lipinski definition) is 5. The van der Waals surface area contributed by atoms with E-state index in [9.17, 15) is 9.59 Å². The van der Waals surface area contributed by atoms with Crippen molar-refractivity contribution in [2.24, 2.45) is 0 Å². The van der Waals surface area contributed by atoms with Gasteiger partial charge >= 0.3 is 5.30 Å². The van der Waals surface area contributed by atoms with Crippen molar-refractivity contribution < 1.29 is 14.3 Å². The van der Waals surface area contributed by atoms with Crippen LogP contribution in [0.2, 0.25) is 5.02 Å². The van der Waals surface area contributed by atoms with Crippen LogP contribution in [0.3, 0.4) is 0 Å². The van der Waals surface area contributed by atoms with Gasteiger partial charge in [0, 0.05) is 21.1 Å². The second-order valence-electron chi connectivity index (χ2n) is 5.08. The lowest BCUT2D eigenvalue weighted by Gasteiger charge is -2.29. The molecule has 0 aromatic heterocycles. The number of thioether (sulfide) groups is 2. The average molecular weight is 359 g/mol. The highest BCUT2D eigenvalue weighted by molar-refractivity contribution is 8.17. The van der Waals surface area contributed by atoms with E-state index in [1.54, 1.807) is 31.2 Å². The number of ether oxygens (including phenoxy) is 1. The maximum absolute atomic E-state index is 12.4. The zero-order chi connectivity index (χ0) is 15.9. The molecule has 0 heterocycles. The number of halogens is 1. The van der Waals surface area contributed by atoms with E-state index >= 15 is 0 Å². The molecule has 22 heavy (non-hydrogen) atoms. The third-order valence-electron chi connectivity index (χ3n) is 3.47. The van der Waals surface area contributed by atoms with Crippen LogP contribution in [0, 0.1) is 0 Å². The summed E-state index contributed by atoms with van der Waals surface area (Å²) < 4.78 is 5.01. The molecule has 0 radical (unpaired) electrons. The lowest BCUT2D eigenvalue weighted by molar-refractivity contribution is 0.108.